The van der Waals surface area contributed by atoms with Crippen LogP contribution < -0.4 is 0 Å². The number of nitrogens with zero attached hydrogens (tertiary/aromatic N) is 1. The van der Waals surface area contributed by atoms with Crippen LogP contribution in [0.5, 0.6) is 0 Å². The van der Waals surface area contributed by atoms with E-state index in [0.29, 0.717) is 0 Å². The minimum absolute atomic E-state index is 0.779. The number of rotatable bonds is 0. The van der Waals surface area contributed by atoms with Crippen molar-refractivity contribution in [2.24, 2.45) is 0 Å². The summed E-state index contributed by atoms with van der Waals surface area (Å²) in [5.41, 5.74) is 12.5. The number of hydrogen-bond acceptors (Lipinski definition) is 1. The number of nitrogens with one attached hydrogen (secondary N) is 1. The first kappa shape index (κ1) is 8.16. The van der Waals surface area contributed by atoms with Gasteiger partial charge in [-0.2, -0.15) is 0 Å². The zero-order valence-corrected chi connectivity index (χ0v) is 8.07. The lowest BCUT2D eigenvalue weighted by atomic mass is 10.1. The molecule has 0 saturated carbocycles. The van der Waals surface area contributed by atoms with Gasteiger partial charge >= 0.3 is 5.71 Å². The van der Waals surface area contributed by atoms with Crippen LogP contribution in [0.3, 0.4) is 0 Å². The lowest BCUT2D eigenvalue weighted by Gasteiger charge is -1.95. The molecule has 1 aliphatic rings. The largest absolute Gasteiger partial charge is 0.380 e. The minimum Gasteiger partial charge on any atom is -0.0616 e. The fraction of sp³-hybridized carbons (Fsp3) is 0. The normalized spacial score (nSPS) is 11.9. The molecule has 1 N–H and O–H groups in total. The third-order valence-electron chi connectivity index (χ3n) is 2.77. The van der Waals surface area contributed by atoms with Crippen molar-refractivity contribution in [3.8, 4) is 11.1 Å². The lowest BCUT2D eigenvalue weighted by molar-refractivity contribution is -0.117. The summed E-state index contributed by atoms with van der Waals surface area (Å²) in [6, 6.07) is 16.2. The molecule has 70 valence electrons. The Labute approximate surface area is 87.4 Å². The molecule has 0 aromatic heterocycles. The van der Waals surface area contributed by atoms with Gasteiger partial charge in [0, 0.05) is 0 Å². The zero-order valence-electron chi connectivity index (χ0n) is 8.07. The molecule has 2 heteroatoms. The van der Waals surface area contributed by atoms with Crippen LogP contribution in [0.1, 0.15) is 11.1 Å². The van der Waals surface area contributed by atoms with Crippen molar-refractivity contribution in [3.63, 3.8) is 0 Å². The monoisotopic (exact) mass is 193 g/mol. The molecule has 0 amide bonds. The molecule has 0 aliphatic heterocycles. The Morgan fingerprint density at radius 1 is 0.667 bits per heavy atom. The van der Waals surface area contributed by atoms with Gasteiger partial charge in [-0.15, -0.1) is 0 Å². The first-order valence-electron chi connectivity index (χ1n) is 4.85. The highest BCUT2D eigenvalue weighted by Gasteiger charge is 2.31. The zero-order chi connectivity index (χ0) is 10.3. The van der Waals surface area contributed by atoms with Gasteiger partial charge in [0.2, 0.25) is 0 Å². The van der Waals surface area contributed by atoms with Gasteiger partial charge in [-0.1, -0.05) is 36.4 Å². The second-order valence-corrected chi connectivity index (χ2v) is 3.55. The molecule has 0 saturated heterocycles. The Balaban J connectivity index is 2.47. The van der Waals surface area contributed by atoms with Crippen LogP contribution in [0.2, 0.25) is 0 Å². The van der Waals surface area contributed by atoms with Gasteiger partial charge in [-0.25, -0.2) is 0 Å². The molecule has 0 atom stereocenters. The summed E-state index contributed by atoms with van der Waals surface area (Å²) >= 11 is 0. The average molecular weight is 193 g/mol. The van der Waals surface area contributed by atoms with Gasteiger partial charge in [0.15, 0.2) is 0 Å². The molecule has 2 aromatic carbocycles. The van der Waals surface area contributed by atoms with Crippen LogP contribution in [0.4, 0.5) is 0 Å². The molecule has 0 bridgehead atoms. The minimum atomic E-state index is 0.779. The number of benzene rings is 2. The van der Waals surface area contributed by atoms with E-state index in [0.717, 1.165) is 16.8 Å². The molecule has 0 heterocycles. The van der Waals surface area contributed by atoms with E-state index in [-0.39, 0.29) is 0 Å². The van der Waals surface area contributed by atoms with Crippen LogP contribution in [-0.2, 0) is 0 Å². The molecular formula is C13H9N2+. The van der Waals surface area contributed by atoms with Gasteiger partial charge in [-0.3, -0.25) is 0 Å². The van der Waals surface area contributed by atoms with Crippen LogP contribution in [0, 0.1) is 5.53 Å². The van der Waals surface area contributed by atoms with Crippen molar-refractivity contribution in [1.29, 1.82) is 5.53 Å². The van der Waals surface area contributed by atoms with Crippen molar-refractivity contribution in [3.05, 3.63) is 59.7 Å². The van der Waals surface area contributed by atoms with E-state index in [4.69, 9.17) is 5.53 Å². The smallest absolute Gasteiger partial charge is 0.0616 e. The topological polar surface area (TPSA) is 38.0 Å². The SMILES string of the molecule is N=[N+]=C1c2ccccc2-c2ccccc21. The van der Waals surface area contributed by atoms with Crippen molar-refractivity contribution in [2.45, 2.75) is 0 Å². The molecule has 0 fully saturated rings. The Bertz CT molecular complexity index is 545. The summed E-state index contributed by atoms with van der Waals surface area (Å²) in [7, 11) is 0. The second kappa shape index (κ2) is 2.91. The molecule has 2 nitrogen and oxygen atoms in total. The van der Waals surface area contributed by atoms with Gasteiger partial charge in [0.1, 0.15) is 0 Å². The summed E-state index contributed by atoms with van der Waals surface area (Å²) in [4.78, 5) is 3.64. The standard InChI is InChI=1S/C13H9N2/c14-15-13-11-7-3-1-5-9(11)10-6-2-4-8-12(10)13/h1-8,14H/q+1. The predicted octanol–water partition coefficient (Wildman–Crippen LogP) is 2.74. The lowest BCUT2D eigenvalue weighted by Crippen LogP contribution is -1.98. The van der Waals surface area contributed by atoms with E-state index in [1.54, 1.807) is 0 Å². The third-order valence-corrected chi connectivity index (χ3v) is 2.77. The van der Waals surface area contributed by atoms with E-state index < -0.39 is 0 Å². The maximum atomic E-state index is 7.25. The Hall–Kier alpha value is -2.18. The van der Waals surface area contributed by atoms with E-state index in [9.17, 15) is 0 Å². The summed E-state index contributed by atoms with van der Waals surface area (Å²) in [6.45, 7) is 0. The molecule has 1 aliphatic carbocycles. The van der Waals surface area contributed by atoms with E-state index in [1.165, 1.54) is 11.1 Å². The van der Waals surface area contributed by atoms with Crippen molar-refractivity contribution >= 4 is 5.71 Å². The molecule has 0 spiro atoms. The molecular weight excluding hydrogens is 184 g/mol. The fourth-order valence-electron chi connectivity index (χ4n) is 2.11. The third kappa shape index (κ3) is 0.997. The molecule has 3 rings (SSSR count). The average Bonchev–Trinajstić information content (AvgIpc) is 2.63. The quantitative estimate of drug-likeness (QED) is 0.421. The van der Waals surface area contributed by atoms with E-state index in [1.807, 2.05) is 36.4 Å². The van der Waals surface area contributed by atoms with Gasteiger partial charge in [-0.05, 0) is 23.3 Å². The summed E-state index contributed by atoms with van der Waals surface area (Å²) in [6.07, 6.45) is 0. The Morgan fingerprint density at radius 2 is 1.07 bits per heavy atom. The first-order valence-corrected chi connectivity index (χ1v) is 4.85. The van der Waals surface area contributed by atoms with Crippen LogP contribution in [-0.4, -0.2) is 10.5 Å². The summed E-state index contributed by atoms with van der Waals surface area (Å²) in [5.74, 6) is 0. The summed E-state index contributed by atoms with van der Waals surface area (Å²) < 4.78 is 0. The van der Waals surface area contributed by atoms with E-state index in [2.05, 4.69) is 16.9 Å². The Kier molecular flexibility index (Phi) is 1.58. The van der Waals surface area contributed by atoms with Gasteiger partial charge in [0.25, 0.3) is 0 Å². The Morgan fingerprint density at radius 3 is 1.47 bits per heavy atom. The maximum Gasteiger partial charge on any atom is 0.380 e. The predicted molar refractivity (Wildman–Crippen MR) is 58.1 cm³/mol. The molecule has 2 aromatic rings. The van der Waals surface area contributed by atoms with Crippen LogP contribution in [0.15, 0.2) is 48.5 Å². The fourth-order valence-corrected chi connectivity index (χ4v) is 2.11. The second-order valence-electron chi connectivity index (χ2n) is 3.55. The highest BCUT2D eigenvalue weighted by atomic mass is 14.9. The van der Waals surface area contributed by atoms with Crippen molar-refractivity contribution < 1.29 is 4.79 Å². The van der Waals surface area contributed by atoms with E-state index >= 15 is 0 Å². The molecule has 0 unspecified atom stereocenters. The maximum absolute atomic E-state index is 7.25. The first-order chi connectivity index (χ1) is 7.42. The van der Waals surface area contributed by atoms with Crippen molar-refractivity contribution in [1.82, 2.24) is 0 Å². The van der Waals surface area contributed by atoms with Gasteiger partial charge in [0.05, 0.1) is 21.4 Å². The molecule has 0 radical (unpaired) electrons. The van der Waals surface area contributed by atoms with Crippen molar-refractivity contribution in [2.75, 3.05) is 0 Å². The highest BCUT2D eigenvalue weighted by Crippen LogP contribution is 2.35. The number of hydrogen-bond donors (Lipinski definition) is 1. The highest BCUT2D eigenvalue weighted by molar-refractivity contribution is 6.21. The van der Waals surface area contributed by atoms with Crippen LogP contribution >= 0.6 is 0 Å². The van der Waals surface area contributed by atoms with Gasteiger partial charge < -0.3 is 0 Å². The number of fused-ring (bicyclic) bond motifs is 3. The summed E-state index contributed by atoms with van der Waals surface area (Å²) in [5, 5.41) is 0. The van der Waals surface area contributed by atoms with Crippen LogP contribution in [0.25, 0.3) is 11.1 Å². The molecule has 15 heavy (non-hydrogen) atoms.